The van der Waals surface area contributed by atoms with E-state index in [1.54, 1.807) is 0 Å². The zero-order valence-corrected chi connectivity index (χ0v) is 13.3. The van der Waals surface area contributed by atoms with Crippen LogP contribution in [0.5, 0.6) is 0 Å². The Labute approximate surface area is 128 Å². The number of nitrogens with zero attached hydrogens (tertiary/aromatic N) is 1. The van der Waals surface area contributed by atoms with E-state index in [1.807, 2.05) is 13.8 Å². The van der Waals surface area contributed by atoms with Gasteiger partial charge in [-0.3, -0.25) is 14.2 Å². The Balaban J connectivity index is 1.68. The molecule has 116 valence electrons. The van der Waals surface area contributed by atoms with Gasteiger partial charge in [0.15, 0.2) is 0 Å². The normalized spacial score (nSPS) is 30.8. The first-order valence-corrected chi connectivity index (χ1v) is 8.40. The van der Waals surface area contributed by atoms with E-state index in [-0.39, 0.29) is 35.9 Å². The summed E-state index contributed by atoms with van der Waals surface area (Å²) in [6, 6.07) is 0.0805. The van der Waals surface area contributed by atoms with Crippen molar-refractivity contribution < 1.29 is 9.90 Å². The second-order valence-electron chi connectivity index (χ2n) is 6.37. The Bertz CT molecular complexity index is 607. The molecule has 0 saturated heterocycles. The number of fused-ring (bicyclic) bond motifs is 2. The number of hydrogen-bond donors (Lipinski definition) is 2. The molecule has 0 aromatic carbocycles. The van der Waals surface area contributed by atoms with Gasteiger partial charge in [-0.15, -0.1) is 0 Å². The molecule has 2 saturated carbocycles. The maximum Gasteiger partial charge on any atom is 0.308 e. The highest BCUT2D eigenvalue weighted by Crippen LogP contribution is 2.48. The third-order valence-corrected chi connectivity index (χ3v) is 6.30. The van der Waals surface area contributed by atoms with E-state index < -0.39 is 0 Å². The number of aliphatic hydroxyl groups is 1. The maximum absolute atomic E-state index is 12.3. The molecular formula is C15H22N2O3S. The summed E-state index contributed by atoms with van der Waals surface area (Å²) in [6.45, 7) is 3.99. The number of thiazole rings is 1. The van der Waals surface area contributed by atoms with Crippen molar-refractivity contribution in [1.82, 2.24) is 9.88 Å². The van der Waals surface area contributed by atoms with Gasteiger partial charge in [-0.05, 0) is 44.9 Å². The number of nitrogens with one attached hydrogen (secondary N) is 1. The monoisotopic (exact) mass is 310 g/mol. The van der Waals surface area contributed by atoms with Crippen molar-refractivity contribution in [2.24, 2.45) is 17.8 Å². The standard InChI is InChI=1S/C15H22N2O3S/c1-8-9(2)21-15(20)17(8)6-13(19)16-14-11-4-3-10(5-11)12(14)7-18/h10-12,14,18H,3-7H2,1-2H3,(H,16,19). The summed E-state index contributed by atoms with van der Waals surface area (Å²) in [5.74, 6) is 1.13. The lowest BCUT2D eigenvalue weighted by Gasteiger charge is -2.30. The molecule has 4 unspecified atom stereocenters. The van der Waals surface area contributed by atoms with Gasteiger partial charge in [0.25, 0.3) is 0 Å². The number of amides is 1. The summed E-state index contributed by atoms with van der Waals surface area (Å²) in [4.78, 5) is 25.0. The first-order valence-electron chi connectivity index (χ1n) is 7.58. The molecule has 2 fully saturated rings. The molecule has 1 aromatic rings. The lowest BCUT2D eigenvalue weighted by molar-refractivity contribution is -0.123. The summed E-state index contributed by atoms with van der Waals surface area (Å²) >= 11 is 1.19. The number of aromatic nitrogens is 1. The molecule has 1 amide bonds. The first kappa shape index (κ1) is 14.8. The average molecular weight is 310 g/mol. The Morgan fingerprint density at radius 2 is 2.10 bits per heavy atom. The molecule has 21 heavy (non-hydrogen) atoms. The molecule has 3 rings (SSSR count). The van der Waals surface area contributed by atoms with Gasteiger partial charge in [-0.1, -0.05) is 11.3 Å². The predicted octanol–water partition coefficient (Wildman–Crippen LogP) is 1.05. The van der Waals surface area contributed by atoms with E-state index in [1.165, 1.54) is 22.3 Å². The van der Waals surface area contributed by atoms with Crippen LogP contribution in [-0.2, 0) is 11.3 Å². The molecule has 2 bridgehead atoms. The van der Waals surface area contributed by atoms with Gasteiger partial charge in [-0.2, -0.15) is 0 Å². The summed E-state index contributed by atoms with van der Waals surface area (Å²) < 4.78 is 1.54. The second-order valence-corrected chi connectivity index (χ2v) is 7.53. The molecular weight excluding hydrogens is 288 g/mol. The maximum atomic E-state index is 12.3. The van der Waals surface area contributed by atoms with Crippen LogP contribution >= 0.6 is 11.3 Å². The molecule has 0 aliphatic heterocycles. The van der Waals surface area contributed by atoms with E-state index in [0.29, 0.717) is 11.8 Å². The van der Waals surface area contributed by atoms with Crippen molar-refractivity contribution in [2.75, 3.05) is 6.61 Å². The van der Waals surface area contributed by atoms with Crippen molar-refractivity contribution in [3.05, 3.63) is 20.2 Å². The summed E-state index contributed by atoms with van der Waals surface area (Å²) in [6.07, 6.45) is 3.43. The number of carbonyl (C=O) groups excluding carboxylic acids is 1. The fraction of sp³-hybridized carbons (Fsp3) is 0.733. The number of rotatable bonds is 4. The highest BCUT2D eigenvalue weighted by Gasteiger charge is 2.47. The van der Waals surface area contributed by atoms with Crippen LogP contribution in [0, 0.1) is 31.6 Å². The molecule has 1 heterocycles. The SMILES string of the molecule is Cc1sc(=O)n(CC(=O)NC2C3CCC(C3)C2CO)c1C. The van der Waals surface area contributed by atoms with Crippen LogP contribution in [0.25, 0.3) is 0 Å². The van der Waals surface area contributed by atoms with Crippen LogP contribution in [0.1, 0.15) is 29.8 Å². The molecule has 4 atom stereocenters. The Morgan fingerprint density at radius 1 is 1.38 bits per heavy atom. The van der Waals surface area contributed by atoms with Gasteiger partial charge < -0.3 is 10.4 Å². The average Bonchev–Trinajstić information content (AvgIpc) is 3.09. The molecule has 0 radical (unpaired) electrons. The Kier molecular flexibility index (Phi) is 3.92. The molecule has 2 aliphatic carbocycles. The van der Waals surface area contributed by atoms with Crippen molar-refractivity contribution in [2.45, 2.75) is 45.7 Å². The van der Waals surface area contributed by atoms with Crippen LogP contribution in [0.3, 0.4) is 0 Å². The van der Waals surface area contributed by atoms with E-state index in [4.69, 9.17) is 0 Å². The molecule has 5 nitrogen and oxygen atoms in total. The quantitative estimate of drug-likeness (QED) is 0.873. The first-order chi connectivity index (χ1) is 10.0. The van der Waals surface area contributed by atoms with Crippen LogP contribution in [0.15, 0.2) is 4.79 Å². The van der Waals surface area contributed by atoms with E-state index in [9.17, 15) is 14.7 Å². The van der Waals surface area contributed by atoms with Gasteiger partial charge in [0, 0.05) is 29.1 Å². The number of hydrogen-bond acceptors (Lipinski definition) is 4. The molecule has 2 aliphatic rings. The van der Waals surface area contributed by atoms with Crippen molar-refractivity contribution in [1.29, 1.82) is 0 Å². The molecule has 6 heteroatoms. The van der Waals surface area contributed by atoms with Gasteiger partial charge in [0.2, 0.25) is 5.91 Å². The lowest BCUT2D eigenvalue weighted by Crippen LogP contribution is -2.46. The minimum atomic E-state index is -0.117. The van der Waals surface area contributed by atoms with Crippen molar-refractivity contribution in [3.8, 4) is 0 Å². The van der Waals surface area contributed by atoms with Crippen LogP contribution in [0.2, 0.25) is 0 Å². The second kappa shape index (κ2) is 5.57. The highest BCUT2D eigenvalue weighted by molar-refractivity contribution is 7.09. The molecule has 0 spiro atoms. The van der Waals surface area contributed by atoms with E-state index in [2.05, 4.69) is 5.32 Å². The summed E-state index contributed by atoms with van der Waals surface area (Å²) in [7, 11) is 0. The minimum absolute atomic E-state index is 0.0770. The van der Waals surface area contributed by atoms with Gasteiger partial charge >= 0.3 is 4.87 Å². The fourth-order valence-corrected chi connectivity index (χ4v) is 4.87. The van der Waals surface area contributed by atoms with Gasteiger partial charge in [-0.25, -0.2) is 0 Å². The molecule has 1 aromatic heterocycles. The van der Waals surface area contributed by atoms with E-state index >= 15 is 0 Å². The summed E-state index contributed by atoms with van der Waals surface area (Å²) in [5.41, 5.74) is 0.867. The smallest absolute Gasteiger partial charge is 0.308 e. The Hall–Kier alpha value is -1.14. The fourth-order valence-electron chi connectivity index (χ4n) is 4.04. The molecule has 2 N–H and O–H groups in total. The van der Waals surface area contributed by atoms with E-state index in [0.717, 1.165) is 23.4 Å². The summed E-state index contributed by atoms with van der Waals surface area (Å²) in [5, 5.41) is 12.6. The Morgan fingerprint density at radius 3 is 2.71 bits per heavy atom. The van der Waals surface area contributed by atoms with Crippen molar-refractivity contribution >= 4 is 17.2 Å². The predicted molar refractivity (Wildman–Crippen MR) is 81.4 cm³/mol. The zero-order valence-electron chi connectivity index (χ0n) is 12.5. The lowest BCUT2D eigenvalue weighted by atomic mass is 9.85. The number of aliphatic hydroxyl groups excluding tert-OH is 1. The number of carbonyl (C=O) groups is 1. The van der Waals surface area contributed by atoms with Gasteiger partial charge in [0.05, 0.1) is 0 Å². The van der Waals surface area contributed by atoms with Crippen LogP contribution in [0.4, 0.5) is 0 Å². The van der Waals surface area contributed by atoms with Gasteiger partial charge in [0.1, 0.15) is 6.54 Å². The largest absolute Gasteiger partial charge is 0.396 e. The number of aryl methyl sites for hydroxylation is 1. The highest BCUT2D eigenvalue weighted by atomic mass is 32.1. The minimum Gasteiger partial charge on any atom is -0.396 e. The van der Waals surface area contributed by atoms with Crippen molar-refractivity contribution in [3.63, 3.8) is 0 Å². The third-order valence-electron chi connectivity index (χ3n) is 5.30. The zero-order chi connectivity index (χ0) is 15.1. The van der Waals surface area contributed by atoms with Crippen LogP contribution in [-0.4, -0.2) is 28.2 Å². The van der Waals surface area contributed by atoms with Crippen LogP contribution < -0.4 is 10.2 Å². The third kappa shape index (κ3) is 2.55. The topological polar surface area (TPSA) is 71.3 Å².